The predicted molar refractivity (Wildman–Crippen MR) is 61.5 cm³/mol. The Balaban J connectivity index is 2.17. The molecule has 0 aromatic carbocycles. The number of carbonyl (C=O) groups is 1. The van der Waals surface area contributed by atoms with E-state index in [2.05, 4.69) is 15.3 Å². The highest BCUT2D eigenvalue weighted by Crippen LogP contribution is 2.22. The van der Waals surface area contributed by atoms with Crippen LogP contribution in [0, 0.1) is 0 Å². The summed E-state index contributed by atoms with van der Waals surface area (Å²) in [6.45, 7) is -0.187. The summed E-state index contributed by atoms with van der Waals surface area (Å²) >= 11 is 1.57. The van der Waals surface area contributed by atoms with Crippen LogP contribution in [0.5, 0.6) is 0 Å². The van der Waals surface area contributed by atoms with Gasteiger partial charge in [-0.25, -0.2) is 9.97 Å². The Bertz CT molecular complexity index is 485. The van der Waals surface area contributed by atoms with Crippen molar-refractivity contribution in [3.63, 3.8) is 0 Å². The van der Waals surface area contributed by atoms with Crippen LogP contribution in [0.25, 0.3) is 10.6 Å². The van der Waals surface area contributed by atoms with Crippen LogP contribution in [0.3, 0.4) is 0 Å². The molecule has 82 valence electrons. The summed E-state index contributed by atoms with van der Waals surface area (Å²) in [7, 11) is 0. The van der Waals surface area contributed by atoms with Crippen molar-refractivity contribution in [1.29, 1.82) is 0 Å². The van der Waals surface area contributed by atoms with Crippen molar-refractivity contribution in [3.05, 3.63) is 29.8 Å². The lowest BCUT2D eigenvalue weighted by Gasteiger charge is -2.02. The number of carboxylic acid groups (broad SMARTS) is 1. The molecule has 2 N–H and O–H groups in total. The molecule has 0 spiro atoms. The predicted octanol–water partition coefficient (Wildman–Crippen LogP) is 1.70. The molecule has 2 rings (SSSR count). The topological polar surface area (TPSA) is 75.1 Å². The molecule has 0 aliphatic heterocycles. The van der Waals surface area contributed by atoms with Gasteiger partial charge in [-0.3, -0.25) is 4.79 Å². The number of hydrogen-bond donors (Lipinski definition) is 2. The van der Waals surface area contributed by atoms with Crippen LogP contribution in [0.2, 0.25) is 0 Å². The number of anilines is 1. The molecule has 5 nitrogen and oxygen atoms in total. The third-order valence-corrected chi connectivity index (χ3v) is 2.72. The lowest BCUT2D eigenvalue weighted by molar-refractivity contribution is -0.134. The molecule has 2 aromatic rings. The lowest BCUT2D eigenvalue weighted by Crippen LogP contribution is -2.14. The minimum atomic E-state index is -0.940. The smallest absolute Gasteiger partial charge is 0.322 e. The fourth-order valence-corrected chi connectivity index (χ4v) is 1.86. The van der Waals surface area contributed by atoms with Crippen LogP contribution in [0.1, 0.15) is 0 Å². The Hall–Kier alpha value is -1.95. The van der Waals surface area contributed by atoms with Gasteiger partial charge in [0, 0.05) is 6.20 Å². The van der Waals surface area contributed by atoms with E-state index in [4.69, 9.17) is 5.11 Å². The average Bonchev–Trinajstić information content (AvgIpc) is 2.80. The normalized spacial score (nSPS) is 10.0. The van der Waals surface area contributed by atoms with Crippen molar-refractivity contribution in [2.75, 3.05) is 11.9 Å². The quantitative estimate of drug-likeness (QED) is 0.843. The van der Waals surface area contributed by atoms with Crippen LogP contribution in [-0.2, 0) is 4.79 Å². The number of aromatic nitrogens is 2. The highest BCUT2D eigenvalue weighted by molar-refractivity contribution is 7.13. The van der Waals surface area contributed by atoms with E-state index in [9.17, 15) is 4.79 Å². The van der Waals surface area contributed by atoms with Crippen LogP contribution >= 0.6 is 11.3 Å². The van der Waals surface area contributed by atoms with E-state index in [0.717, 1.165) is 10.6 Å². The van der Waals surface area contributed by atoms with Crippen molar-refractivity contribution in [2.45, 2.75) is 0 Å². The number of aliphatic carboxylic acids is 1. The zero-order valence-corrected chi connectivity index (χ0v) is 9.07. The summed E-state index contributed by atoms with van der Waals surface area (Å²) in [6, 6.07) is 5.68. The summed E-state index contributed by atoms with van der Waals surface area (Å²) in [4.78, 5) is 19.6. The first-order valence-corrected chi connectivity index (χ1v) is 5.46. The zero-order valence-electron chi connectivity index (χ0n) is 8.25. The number of hydrogen-bond acceptors (Lipinski definition) is 5. The Morgan fingerprint density at radius 3 is 3.06 bits per heavy atom. The molecule has 0 amide bonds. The first-order chi connectivity index (χ1) is 7.75. The van der Waals surface area contributed by atoms with Gasteiger partial charge in [0.2, 0.25) is 5.95 Å². The molecule has 16 heavy (non-hydrogen) atoms. The molecule has 0 saturated heterocycles. The molecule has 2 heterocycles. The number of thiophene rings is 1. The minimum Gasteiger partial charge on any atom is -0.480 e. The largest absolute Gasteiger partial charge is 0.480 e. The van der Waals surface area contributed by atoms with Crippen molar-refractivity contribution in [1.82, 2.24) is 9.97 Å². The summed E-state index contributed by atoms with van der Waals surface area (Å²) in [5, 5.41) is 13.1. The van der Waals surface area contributed by atoms with Gasteiger partial charge in [-0.2, -0.15) is 0 Å². The number of nitrogens with one attached hydrogen (secondary N) is 1. The fraction of sp³-hybridized carbons (Fsp3) is 0.100. The van der Waals surface area contributed by atoms with Gasteiger partial charge in [-0.05, 0) is 17.5 Å². The third kappa shape index (κ3) is 2.54. The van der Waals surface area contributed by atoms with E-state index in [-0.39, 0.29) is 6.54 Å². The van der Waals surface area contributed by atoms with Crippen molar-refractivity contribution < 1.29 is 9.90 Å². The van der Waals surface area contributed by atoms with Gasteiger partial charge in [0.15, 0.2) is 0 Å². The highest BCUT2D eigenvalue weighted by atomic mass is 32.1. The molecule has 0 aliphatic rings. The molecule has 0 unspecified atom stereocenters. The molecule has 0 bridgehead atoms. The molecular formula is C10H9N3O2S. The number of nitrogens with zero attached hydrogens (tertiary/aromatic N) is 2. The Kier molecular flexibility index (Phi) is 3.11. The maximum atomic E-state index is 10.4. The molecule has 0 fully saturated rings. The average molecular weight is 235 g/mol. The van der Waals surface area contributed by atoms with E-state index in [1.54, 1.807) is 23.6 Å². The first kappa shape index (κ1) is 10.6. The molecule has 0 radical (unpaired) electrons. The maximum Gasteiger partial charge on any atom is 0.322 e. The standard InChI is InChI=1S/C10H9N3O2S/c14-9(15)6-12-10-11-4-3-7(13-10)8-2-1-5-16-8/h1-5H,6H2,(H,14,15)(H,11,12,13). The first-order valence-electron chi connectivity index (χ1n) is 4.58. The van der Waals surface area contributed by atoms with Gasteiger partial charge < -0.3 is 10.4 Å². The maximum absolute atomic E-state index is 10.4. The lowest BCUT2D eigenvalue weighted by atomic mass is 10.3. The summed E-state index contributed by atoms with van der Waals surface area (Å²) in [5.41, 5.74) is 0.790. The Morgan fingerprint density at radius 1 is 1.50 bits per heavy atom. The van der Waals surface area contributed by atoms with Gasteiger partial charge in [0.05, 0.1) is 10.6 Å². The molecular weight excluding hydrogens is 226 g/mol. The van der Waals surface area contributed by atoms with E-state index in [0.29, 0.717) is 5.95 Å². The molecule has 6 heteroatoms. The second-order valence-electron chi connectivity index (χ2n) is 2.99. The Morgan fingerprint density at radius 2 is 2.38 bits per heavy atom. The SMILES string of the molecule is O=C(O)CNc1nccc(-c2cccs2)n1. The molecule has 0 atom stereocenters. The van der Waals surface area contributed by atoms with Gasteiger partial charge in [0.1, 0.15) is 6.54 Å². The van der Waals surface area contributed by atoms with Crippen LogP contribution < -0.4 is 5.32 Å². The summed E-state index contributed by atoms with van der Waals surface area (Å²) < 4.78 is 0. The molecule has 2 aromatic heterocycles. The van der Waals surface area contributed by atoms with Crippen LogP contribution in [0.4, 0.5) is 5.95 Å². The van der Waals surface area contributed by atoms with E-state index >= 15 is 0 Å². The number of carboxylic acids is 1. The van der Waals surface area contributed by atoms with Gasteiger partial charge >= 0.3 is 5.97 Å². The Labute approximate surface area is 95.8 Å². The zero-order chi connectivity index (χ0) is 11.4. The van der Waals surface area contributed by atoms with Gasteiger partial charge in [-0.15, -0.1) is 11.3 Å². The minimum absolute atomic E-state index is 0.187. The van der Waals surface area contributed by atoms with E-state index in [1.807, 2.05) is 17.5 Å². The van der Waals surface area contributed by atoms with E-state index in [1.165, 1.54) is 0 Å². The second-order valence-corrected chi connectivity index (χ2v) is 3.94. The van der Waals surface area contributed by atoms with Crippen molar-refractivity contribution in [3.8, 4) is 10.6 Å². The summed E-state index contributed by atoms with van der Waals surface area (Å²) in [5.74, 6) is -0.613. The fourth-order valence-electron chi connectivity index (χ4n) is 1.16. The van der Waals surface area contributed by atoms with Crippen molar-refractivity contribution >= 4 is 23.3 Å². The second kappa shape index (κ2) is 4.71. The van der Waals surface area contributed by atoms with Gasteiger partial charge in [0.25, 0.3) is 0 Å². The number of rotatable bonds is 4. The van der Waals surface area contributed by atoms with Crippen LogP contribution in [0.15, 0.2) is 29.8 Å². The van der Waals surface area contributed by atoms with Crippen molar-refractivity contribution in [2.24, 2.45) is 0 Å². The van der Waals surface area contributed by atoms with E-state index < -0.39 is 5.97 Å². The highest BCUT2D eigenvalue weighted by Gasteiger charge is 2.03. The molecule has 0 aliphatic carbocycles. The molecule has 0 saturated carbocycles. The van der Waals surface area contributed by atoms with Crippen LogP contribution in [-0.4, -0.2) is 27.6 Å². The monoisotopic (exact) mass is 235 g/mol. The van der Waals surface area contributed by atoms with Gasteiger partial charge in [-0.1, -0.05) is 6.07 Å². The summed E-state index contributed by atoms with van der Waals surface area (Å²) in [6.07, 6.45) is 1.60. The third-order valence-electron chi connectivity index (χ3n) is 1.83.